The number of piperazine rings is 1. The van der Waals surface area contributed by atoms with E-state index in [-0.39, 0.29) is 31.4 Å². The largest absolute Gasteiger partial charge is 0.497 e. The number of benzene rings is 2. The van der Waals surface area contributed by atoms with Crippen molar-refractivity contribution in [3.05, 3.63) is 65.7 Å². The number of anilines is 1. The van der Waals surface area contributed by atoms with Crippen LogP contribution >= 0.6 is 36.4 Å². The first kappa shape index (κ1) is 27.4. The number of β-amino-alcohol motifs (C(OH)–C–C–N with tert-alkyl or cyclic N) is 1. The second kappa shape index (κ2) is 13.7. The van der Waals surface area contributed by atoms with E-state index >= 15 is 0 Å². The van der Waals surface area contributed by atoms with Crippen LogP contribution in [0, 0.1) is 0 Å². The van der Waals surface area contributed by atoms with Crippen LogP contribution in [0.2, 0.25) is 5.02 Å². The molecule has 1 atom stereocenters. The number of aliphatic hydroxyl groups is 1. The van der Waals surface area contributed by atoms with Crippen LogP contribution in [-0.2, 0) is 6.42 Å². The molecule has 8 heteroatoms. The lowest BCUT2D eigenvalue weighted by atomic mass is 10.1. The maximum Gasteiger partial charge on any atom is 0.123 e. The van der Waals surface area contributed by atoms with Gasteiger partial charge in [0.1, 0.15) is 24.2 Å². The summed E-state index contributed by atoms with van der Waals surface area (Å²) in [6, 6.07) is 13.6. The lowest BCUT2D eigenvalue weighted by molar-refractivity contribution is 0.0660. The van der Waals surface area contributed by atoms with Crippen molar-refractivity contribution < 1.29 is 14.6 Å². The molecule has 1 fully saturated rings. The zero-order valence-corrected chi connectivity index (χ0v) is 20.1. The Morgan fingerprint density at radius 3 is 2.52 bits per heavy atom. The van der Waals surface area contributed by atoms with Gasteiger partial charge in [-0.2, -0.15) is 0 Å². The molecule has 2 aromatic carbocycles. The smallest absolute Gasteiger partial charge is 0.123 e. The van der Waals surface area contributed by atoms with Gasteiger partial charge in [-0.05, 0) is 42.8 Å². The highest BCUT2D eigenvalue weighted by Gasteiger charge is 2.20. The van der Waals surface area contributed by atoms with Crippen LogP contribution in [0.25, 0.3) is 0 Å². The van der Waals surface area contributed by atoms with Gasteiger partial charge >= 0.3 is 0 Å². The summed E-state index contributed by atoms with van der Waals surface area (Å²) in [5, 5.41) is 11.2. The molecule has 1 unspecified atom stereocenters. The van der Waals surface area contributed by atoms with Crippen molar-refractivity contribution in [3.8, 4) is 11.5 Å². The Hall–Kier alpha value is -1.63. The Bertz CT molecular complexity index is 814. The Morgan fingerprint density at radius 1 is 1.13 bits per heavy atom. The number of ether oxygens (including phenoxy) is 2. The average molecular weight is 490 g/mol. The predicted octanol–water partition coefficient (Wildman–Crippen LogP) is 4.48. The first-order valence-corrected chi connectivity index (χ1v) is 10.3. The zero-order chi connectivity index (χ0) is 20.6. The van der Waals surface area contributed by atoms with Gasteiger partial charge in [0.05, 0.1) is 7.11 Å². The van der Waals surface area contributed by atoms with E-state index in [0.29, 0.717) is 13.0 Å². The van der Waals surface area contributed by atoms with Gasteiger partial charge in [0.25, 0.3) is 0 Å². The number of hydrogen-bond donors (Lipinski definition) is 1. The quantitative estimate of drug-likeness (QED) is 0.526. The first-order chi connectivity index (χ1) is 14.1. The number of rotatable bonds is 9. The lowest BCUT2D eigenvalue weighted by Gasteiger charge is -2.37. The lowest BCUT2D eigenvalue weighted by Crippen LogP contribution is -2.49. The molecule has 1 aliphatic heterocycles. The van der Waals surface area contributed by atoms with E-state index in [1.165, 1.54) is 0 Å². The molecule has 0 bridgehead atoms. The third kappa shape index (κ3) is 8.09. The van der Waals surface area contributed by atoms with E-state index in [1.54, 1.807) is 7.11 Å². The second-order valence-electron chi connectivity index (χ2n) is 7.20. The van der Waals surface area contributed by atoms with E-state index in [9.17, 15) is 5.11 Å². The summed E-state index contributed by atoms with van der Waals surface area (Å²) in [4.78, 5) is 4.60. The predicted molar refractivity (Wildman–Crippen MR) is 133 cm³/mol. The number of hydrogen-bond acceptors (Lipinski definition) is 5. The Labute approximate surface area is 202 Å². The van der Waals surface area contributed by atoms with Gasteiger partial charge in [0, 0.05) is 49.0 Å². The second-order valence-corrected chi connectivity index (χ2v) is 7.64. The molecule has 2 aromatic rings. The number of allylic oxidation sites excluding steroid dienone is 1. The average Bonchev–Trinajstić information content (AvgIpc) is 2.73. The van der Waals surface area contributed by atoms with Gasteiger partial charge in [-0.1, -0.05) is 23.7 Å². The van der Waals surface area contributed by atoms with Crippen molar-refractivity contribution in [3.63, 3.8) is 0 Å². The normalized spacial score (nSPS) is 14.7. The Balaban J connectivity index is 0.00000240. The molecular formula is C23H31Cl3N2O3. The van der Waals surface area contributed by atoms with E-state index in [4.69, 9.17) is 21.1 Å². The van der Waals surface area contributed by atoms with Crippen LogP contribution in [0.15, 0.2) is 55.1 Å². The summed E-state index contributed by atoms with van der Waals surface area (Å²) < 4.78 is 11.2. The van der Waals surface area contributed by atoms with Gasteiger partial charge in [0.15, 0.2) is 0 Å². The number of halogens is 3. The molecule has 31 heavy (non-hydrogen) atoms. The van der Waals surface area contributed by atoms with Crippen LogP contribution in [0.5, 0.6) is 11.5 Å². The third-order valence-corrected chi connectivity index (χ3v) is 5.31. The summed E-state index contributed by atoms with van der Waals surface area (Å²) in [6.45, 7) is 8.26. The maximum absolute atomic E-state index is 10.5. The molecule has 0 amide bonds. The van der Waals surface area contributed by atoms with Crippen LogP contribution in [-0.4, -0.2) is 62.6 Å². The topological polar surface area (TPSA) is 45.2 Å². The molecule has 3 rings (SSSR count). The zero-order valence-electron chi connectivity index (χ0n) is 17.7. The molecule has 1 saturated heterocycles. The van der Waals surface area contributed by atoms with E-state index in [1.807, 2.05) is 42.5 Å². The van der Waals surface area contributed by atoms with Gasteiger partial charge in [0.2, 0.25) is 0 Å². The highest BCUT2D eigenvalue weighted by molar-refractivity contribution is 6.30. The molecule has 0 saturated carbocycles. The summed E-state index contributed by atoms with van der Waals surface area (Å²) >= 11 is 6.10. The molecular weight excluding hydrogens is 459 g/mol. The molecule has 1 heterocycles. The van der Waals surface area contributed by atoms with Gasteiger partial charge in [-0.3, -0.25) is 4.90 Å². The highest BCUT2D eigenvalue weighted by atomic mass is 35.5. The number of aliphatic hydroxyl groups excluding tert-OH is 1. The fourth-order valence-corrected chi connectivity index (χ4v) is 3.72. The van der Waals surface area contributed by atoms with Crippen LogP contribution in [0.4, 0.5) is 5.69 Å². The molecule has 1 aliphatic rings. The maximum atomic E-state index is 10.5. The van der Waals surface area contributed by atoms with Crippen LogP contribution in [0.1, 0.15) is 5.56 Å². The Morgan fingerprint density at radius 2 is 1.87 bits per heavy atom. The van der Waals surface area contributed by atoms with Crippen molar-refractivity contribution in [1.82, 2.24) is 4.90 Å². The SMILES string of the molecule is C=CCc1cc(OC)ccc1OCC(O)CN1CCN(c2cccc(Cl)c2)CC1.Cl.Cl. The van der Waals surface area contributed by atoms with Crippen molar-refractivity contribution in [2.24, 2.45) is 0 Å². The molecule has 0 radical (unpaired) electrons. The number of nitrogens with zero attached hydrogens (tertiary/aromatic N) is 2. The third-order valence-electron chi connectivity index (χ3n) is 5.08. The standard InChI is InChI=1S/C23H29ClN2O3.2ClH/c1-3-5-18-14-22(28-2)8-9-23(18)29-17-21(27)16-25-10-12-26(13-11-25)20-7-4-6-19(24)15-20;;/h3-4,6-9,14-15,21,27H,1,5,10-13,16-17H2,2H3;2*1H. The molecule has 1 N–H and O–H groups in total. The van der Waals surface area contributed by atoms with Crippen LogP contribution in [0.3, 0.4) is 0 Å². The van der Waals surface area contributed by atoms with Crippen molar-refractivity contribution in [1.29, 1.82) is 0 Å². The molecule has 0 aliphatic carbocycles. The molecule has 5 nitrogen and oxygen atoms in total. The minimum atomic E-state index is -0.550. The fraction of sp³-hybridized carbons (Fsp3) is 0.391. The van der Waals surface area contributed by atoms with Crippen molar-refractivity contribution >= 4 is 42.1 Å². The van der Waals surface area contributed by atoms with E-state index in [0.717, 1.165) is 54.0 Å². The van der Waals surface area contributed by atoms with Crippen molar-refractivity contribution in [2.75, 3.05) is 51.3 Å². The van der Waals surface area contributed by atoms with Gasteiger partial charge in [-0.15, -0.1) is 31.4 Å². The van der Waals surface area contributed by atoms with E-state index < -0.39 is 6.10 Å². The summed E-state index contributed by atoms with van der Waals surface area (Å²) in [7, 11) is 1.64. The van der Waals surface area contributed by atoms with E-state index in [2.05, 4.69) is 22.4 Å². The first-order valence-electron chi connectivity index (χ1n) is 9.90. The minimum Gasteiger partial charge on any atom is -0.497 e. The Kier molecular flexibility index (Phi) is 12.1. The molecule has 172 valence electrons. The summed E-state index contributed by atoms with van der Waals surface area (Å²) in [6.07, 6.45) is 1.97. The summed E-state index contributed by atoms with van der Waals surface area (Å²) in [5.74, 6) is 1.54. The van der Waals surface area contributed by atoms with Crippen molar-refractivity contribution in [2.45, 2.75) is 12.5 Å². The van der Waals surface area contributed by atoms with Gasteiger partial charge in [-0.25, -0.2) is 0 Å². The highest BCUT2D eigenvalue weighted by Crippen LogP contribution is 2.25. The molecule has 0 aromatic heterocycles. The van der Waals surface area contributed by atoms with Crippen LogP contribution < -0.4 is 14.4 Å². The van der Waals surface area contributed by atoms with Gasteiger partial charge < -0.3 is 19.5 Å². The molecule has 0 spiro atoms. The minimum absolute atomic E-state index is 0. The fourth-order valence-electron chi connectivity index (χ4n) is 3.54. The number of methoxy groups -OCH3 is 1. The monoisotopic (exact) mass is 488 g/mol. The summed E-state index contributed by atoms with van der Waals surface area (Å²) in [5.41, 5.74) is 2.15.